The Kier molecular flexibility index (Phi) is 2.71. The van der Waals surface area contributed by atoms with Gasteiger partial charge in [0.2, 0.25) is 0 Å². The normalized spacial score (nSPS) is 61.4. The van der Waals surface area contributed by atoms with E-state index in [-0.39, 0.29) is 28.5 Å². The van der Waals surface area contributed by atoms with E-state index in [0.717, 1.165) is 38.5 Å². The fraction of sp³-hybridized carbons (Fsp3) is 0.857. The predicted octanol–water partition coefficient (Wildman–Crippen LogP) is 3.65. The Morgan fingerprint density at radius 2 is 1.92 bits per heavy atom. The third-order valence-electron chi connectivity index (χ3n) is 9.21. The zero-order valence-corrected chi connectivity index (χ0v) is 15.4. The molecule has 24 heavy (non-hydrogen) atoms. The van der Waals surface area contributed by atoms with E-state index in [2.05, 4.69) is 20.8 Å². The average molecular weight is 330 g/mol. The molecule has 0 aromatic rings. The number of carbonyl (C=O) groups excluding carboxylic acids is 1. The van der Waals surface area contributed by atoms with E-state index in [0.29, 0.717) is 17.6 Å². The zero-order valence-electron chi connectivity index (χ0n) is 15.4. The molecule has 4 aliphatic carbocycles. The van der Waals surface area contributed by atoms with Gasteiger partial charge in [-0.1, -0.05) is 26.3 Å². The molecular weight excluding hydrogens is 300 g/mol. The monoisotopic (exact) mass is 330 g/mol. The predicted molar refractivity (Wildman–Crippen MR) is 91.4 cm³/mol. The first-order chi connectivity index (χ1) is 11.2. The summed E-state index contributed by atoms with van der Waals surface area (Å²) in [5.74, 6) is 1.51. The summed E-state index contributed by atoms with van der Waals surface area (Å²) in [6.07, 6.45) is 8.33. The van der Waals surface area contributed by atoms with Gasteiger partial charge in [0.25, 0.3) is 0 Å². The first kappa shape index (κ1) is 15.6. The Morgan fingerprint density at radius 1 is 1.17 bits per heavy atom. The van der Waals surface area contributed by atoms with Gasteiger partial charge >= 0.3 is 0 Å². The first-order valence-electron chi connectivity index (χ1n) is 9.81. The van der Waals surface area contributed by atoms with E-state index in [1.54, 1.807) is 0 Å². The summed E-state index contributed by atoms with van der Waals surface area (Å²) in [5, 5.41) is 11.0. The van der Waals surface area contributed by atoms with Gasteiger partial charge < -0.3 is 9.84 Å². The summed E-state index contributed by atoms with van der Waals surface area (Å²) in [6.45, 7) is 8.78. The summed E-state index contributed by atoms with van der Waals surface area (Å²) >= 11 is 0. The van der Waals surface area contributed by atoms with Crippen LogP contribution in [0, 0.1) is 28.6 Å². The van der Waals surface area contributed by atoms with Gasteiger partial charge in [-0.2, -0.15) is 0 Å². The molecule has 0 bridgehead atoms. The number of epoxide rings is 1. The molecule has 1 aliphatic heterocycles. The number of rotatable bonds is 0. The molecule has 0 unspecified atom stereocenters. The van der Waals surface area contributed by atoms with Gasteiger partial charge in [-0.15, -0.1) is 0 Å². The third kappa shape index (κ3) is 1.47. The van der Waals surface area contributed by atoms with Crippen LogP contribution in [0.5, 0.6) is 0 Å². The number of ketones is 1. The van der Waals surface area contributed by atoms with Crippen molar-refractivity contribution in [1.29, 1.82) is 0 Å². The van der Waals surface area contributed by atoms with Crippen LogP contribution in [0.2, 0.25) is 0 Å². The molecule has 0 aromatic heterocycles. The molecule has 1 spiro atoms. The van der Waals surface area contributed by atoms with Gasteiger partial charge in [0, 0.05) is 16.7 Å². The fourth-order valence-corrected chi connectivity index (χ4v) is 7.56. The van der Waals surface area contributed by atoms with Crippen molar-refractivity contribution in [3.05, 3.63) is 11.6 Å². The molecule has 132 valence electrons. The van der Waals surface area contributed by atoms with Crippen molar-refractivity contribution in [2.24, 2.45) is 28.6 Å². The second kappa shape index (κ2) is 4.17. The molecule has 1 N–H and O–H groups in total. The minimum Gasteiger partial charge on any atom is -0.390 e. The molecule has 3 saturated carbocycles. The van der Waals surface area contributed by atoms with Crippen LogP contribution in [0.4, 0.5) is 0 Å². The van der Waals surface area contributed by atoms with Crippen molar-refractivity contribution >= 4 is 5.78 Å². The van der Waals surface area contributed by atoms with Crippen molar-refractivity contribution in [2.75, 3.05) is 0 Å². The maximum Gasteiger partial charge on any atom is 0.158 e. The molecule has 3 heteroatoms. The maximum atomic E-state index is 12.2. The van der Waals surface area contributed by atoms with E-state index >= 15 is 0 Å². The summed E-state index contributed by atoms with van der Waals surface area (Å²) in [4.78, 5) is 12.2. The highest BCUT2D eigenvalue weighted by atomic mass is 16.6. The summed E-state index contributed by atoms with van der Waals surface area (Å²) in [7, 11) is 0. The molecule has 5 rings (SSSR count). The average Bonchev–Trinajstić information content (AvgIpc) is 3.15. The zero-order chi connectivity index (χ0) is 17.1. The van der Waals surface area contributed by atoms with Crippen molar-refractivity contribution < 1.29 is 14.6 Å². The van der Waals surface area contributed by atoms with Crippen LogP contribution in [0.15, 0.2) is 11.6 Å². The molecular formula is C21H30O3. The minimum absolute atomic E-state index is 0.0175. The van der Waals surface area contributed by atoms with E-state index in [1.165, 1.54) is 5.57 Å². The van der Waals surface area contributed by atoms with Crippen LogP contribution in [-0.4, -0.2) is 28.2 Å². The van der Waals surface area contributed by atoms with Crippen molar-refractivity contribution in [2.45, 2.75) is 83.5 Å². The molecule has 0 radical (unpaired) electrons. The lowest BCUT2D eigenvalue weighted by molar-refractivity contribution is -0.123. The smallest absolute Gasteiger partial charge is 0.158 e. The lowest BCUT2D eigenvalue weighted by Crippen LogP contribution is -2.60. The highest BCUT2D eigenvalue weighted by molar-refractivity contribution is 5.93. The number of carbonyl (C=O) groups is 1. The molecule has 5 aliphatic rings. The van der Waals surface area contributed by atoms with Crippen LogP contribution in [-0.2, 0) is 9.53 Å². The largest absolute Gasteiger partial charge is 0.390 e. The molecule has 4 fully saturated rings. The van der Waals surface area contributed by atoms with Crippen LogP contribution < -0.4 is 0 Å². The molecule has 1 saturated heterocycles. The second-order valence-corrected chi connectivity index (χ2v) is 10.1. The number of hydrogen-bond donors (Lipinski definition) is 1. The Balaban J connectivity index is 1.60. The number of ether oxygens (including phenoxy) is 1. The minimum atomic E-state index is -0.567. The highest BCUT2D eigenvalue weighted by Gasteiger charge is 2.80. The number of aliphatic hydroxyl groups is 1. The standard InChI is InChI=1S/C21H30O3/c1-12-10-18(2)13(9-16(12)22)5-6-15-14-7-8-20(4,23)19(14,3)11-17-21(15,18)24-17/h9,12,14-15,17,23H,5-8,10-11H2,1-4H3/t12-,14-,15-,17+,18-,19-,20+,21-/m0/s1. The quantitative estimate of drug-likeness (QED) is 0.690. The Morgan fingerprint density at radius 3 is 2.67 bits per heavy atom. The SMILES string of the molecule is C[C@H]1C[C@@]2(C)C(=CC1=O)CC[C@H]1[C@@H]3CC[C@@](C)(O)[C@@]3(C)C[C@H]3O[C@]312. The Bertz CT molecular complexity index is 664. The van der Waals surface area contributed by atoms with E-state index in [1.807, 2.05) is 13.0 Å². The van der Waals surface area contributed by atoms with Gasteiger partial charge in [-0.3, -0.25) is 4.79 Å². The third-order valence-corrected chi connectivity index (χ3v) is 9.21. The fourth-order valence-electron chi connectivity index (χ4n) is 7.56. The topological polar surface area (TPSA) is 49.8 Å². The summed E-state index contributed by atoms with van der Waals surface area (Å²) in [5.41, 5.74) is 0.719. The summed E-state index contributed by atoms with van der Waals surface area (Å²) in [6, 6.07) is 0. The second-order valence-electron chi connectivity index (χ2n) is 10.1. The van der Waals surface area contributed by atoms with Crippen molar-refractivity contribution in [1.82, 2.24) is 0 Å². The molecule has 8 atom stereocenters. The van der Waals surface area contributed by atoms with Gasteiger partial charge in [0.1, 0.15) is 5.60 Å². The van der Waals surface area contributed by atoms with E-state index in [4.69, 9.17) is 4.74 Å². The van der Waals surface area contributed by atoms with Gasteiger partial charge in [0.05, 0.1) is 11.7 Å². The lowest BCUT2D eigenvalue weighted by Gasteiger charge is -2.57. The van der Waals surface area contributed by atoms with Crippen LogP contribution in [0.3, 0.4) is 0 Å². The first-order valence-corrected chi connectivity index (χ1v) is 9.81. The maximum absolute atomic E-state index is 12.2. The molecule has 3 nitrogen and oxygen atoms in total. The van der Waals surface area contributed by atoms with E-state index in [9.17, 15) is 9.90 Å². The highest BCUT2D eigenvalue weighted by Crippen LogP contribution is 2.76. The number of fused-ring (bicyclic) bond motifs is 3. The van der Waals surface area contributed by atoms with Gasteiger partial charge in [-0.05, 0) is 63.4 Å². The Hall–Kier alpha value is -0.670. The lowest BCUT2D eigenvalue weighted by atomic mass is 9.45. The van der Waals surface area contributed by atoms with Crippen LogP contribution >= 0.6 is 0 Å². The van der Waals surface area contributed by atoms with Crippen LogP contribution in [0.25, 0.3) is 0 Å². The Labute approximate surface area is 144 Å². The number of hydrogen-bond acceptors (Lipinski definition) is 3. The van der Waals surface area contributed by atoms with Crippen LogP contribution in [0.1, 0.15) is 66.2 Å². The molecule has 1 heterocycles. The molecule has 0 amide bonds. The van der Waals surface area contributed by atoms with Gasteiger partial charge in [-0.25, -0.2) is 0 Å². The van der Waals surface area contributed by atoms with Crippen molar-refractivity contribution in [3.63, 3.8) is 0 Å². The van der Waals surface area contributed by atoms with Gasteiger partial charge in [0.15, 0.2) is 5.78 Å². The van der Waals surface area contributed by atoms with Crippen molar-refractivity contribution in [3.8, 4) is 0 Å². The summed E-state index contributed by atoms with van der Waals surface area (Å²) < 4.78 is 6.56. The van der Waals surface area contributed by atoms with E-state index < -0.39 is 5.60 Å². The molecule has 0 aromatic carbocycles.